The minimum atomic E-state index is -4.56. The van der Waals surface area contributed by atoms with Gasteiger partial charge in [-0.1, -0.05) is 24.3 Å². The van der Waals surface area contributed by atoms with Crippen molar-refractivity contribution in [2.45, 2.75) is 32.5 Å². The predicted octanol–water partition coefficient (Wildman–Crippen LogP) is 3.15. The van der Waals surface area contributed by atoms with E-state index in [0.717, 1.165) is 34.9 Å². The van der Waals surface area contributed by atoms with E-state index in [0.29, 0.717) is 0 Å². The summed E-state index contributed by atoms with van der Waals surface area (Å²) < 4.78 is 38.3. The lowest BCUT2D eigenvalue weighted by Gasteiger charge is -2.17. The Labute approximate surface area is 149 Å². The van der Waals surface area contributed by atoms with Crippen molar-refractivity contribution < 1.29 is 22.8 Å². The maximum atomic E-state index is 12.8. The molecule has 0 spiro atoms. The lowest BCUT2D eigenvalue weighted by atomic mass is 10.00. The zero-order valence-electron chi connectivity index (χ0n) is 14.4. The topological polar surface area (TPSA) is 72.2 Å². The number of rotatable bonds is 5. The molecule has 0 saturated carbocycles. The highest BCUT2D eigenvalue weighted by molar-refractivity contribution is 5.97. The van der Waals surface area contributed by atoms with Gasteiger partial charge in [0.1, 0.15) is 6.04 Å². The maximum Gasteiger partial charge on any atom is 0.416 e. The molecule has 0 unspecified atom stereocenters. The second-order valence-corrected chi connectivity index (χ2v) is 6.13. The van der Waals surface area contributed by atoms with E-state index in [1.807, 2.05) is 32.0 Å². The molecule has 138 valence electrons. The number of aryl methyl sites for hydroxylation is 2. The van der Waals surface area contributed by atoms with Crippen LogP contribution in [0.1, 0.15) is 32.6 Å². The van der Waals surface area contributed by atoms with Crippen molar-refractivity contribution in [2.24, 2.45) is 5.73 Å². The van der Waals surface area contributed by atoms with Crippen LogP contribution in [-0.4, -0.2) is 17.9 Å². The van der Waals surface area contributed by atoms with Crippen LogP contribution in [-0.2, 0) is 17.4 Å². The molecule has 3 N–H and O–H groups in total. The molecule has 1 atom stereocenters. The third kappa shape index (κ3) is 4.84. The number of amides is 2. The molecular formula is C19H19F3N2O2. The summed E-state index contributed by atoms with van der Waals surface area (Å²) in [6.07, 6.45) is -4.40. The highest BCUT2D eigenvalue weighted by Crippen LogP contribution is 2.29. The summed E-state index contributed by atoms with van der Waals surface area (Å²) in [5.74, 6) is -1.55. The molecule has 26 heavy (non-hydrogen) atoms. The molecule has 0 aliphatic heterocycles. The molecule has 0 aliphatic carbocycles. The summed E-state index contributed by atoms with van der Waals surface area (Å²) in [7, 11) is 0. The molecule has 0 radical (unpaired) electrons. The van der Waals surface area contributed by atoms with E-state index in [1.165, 1.54) is 6.07 Å². The van der Waals surface area contributed by atoms with Crippen LogP contribution in [0.4, 0.5) is 13.2 Å². The van der Waals surface area contributed by atoms with Gasteiger partial charge in [-0.25, -0.2) is 0 Å². The van der Waals surface area contributed by atoms with Gasteiger partial charge in [0, 0.05) is 12.0 Å². The fourth-order valence-corrected chi connectivity index (χ4v) is 2.47. The van der Waals surface area contributed by atoms with Crippen LogP contribution < -0.4 is 11.1 Å². The van der Waals surface area contributed by atoms with Gasteiger partial charge < -0.3 is 11.1 Å². The zero-order valence-corrected chi connectivity index (χ0v) is 14.4. The number of halogens is 3. The van der Waals surface area contributed by atoms with Crippen LogP contribution in [0, 0.1) is 13.8 Å². The minimum absolute atomic E-state index is 0.154. The molecule has 4 nitrogen and oxygen atoms in total. The van der Waals surface area contributed by atoms with Crippen molar-refractivity contribution in [1.29, 1.82) is 0 Å². The molecule has 0 heterocycles. The molecule has 2 rings (SSSR count). The Bertz CT molecular complexity index is 832. The lowest BCUT2D eigenvalue weighted by molar-refractivity contribution is -0.137. The third-order valence-corrected chi connectivity index (χ3v) is 4.11. The Morgan fingerprint density at radius 2 is 1.77 bits per heavy atom. The number of alkyl halides is 3. The number of benzene rings is 2. The Morgan fingerprint density at radius 3 is 2.35 bits per heavy atom. The van der Waals surface area contributed by atoms with Crippen molar-refractivity contribution in [3.8, 4) is 0 Å². The SMILES string of the molecule is Cc1ccc(C[C@@H](NC(=O)c2cccc(C(F)(F)F)c2)C(N)=O)cc1C. The molecule has 0 fully saturated rings. The summed E-state index contributed by atoms with van der Waals surface area (Å²) in [4.78, 5) is 23.9. The molecule has 2 aromatic carbocycles. The second-order valence-electron chi connectivity index (χ2n) is 6.13. The smallest absolute Gasteiger partial charge is 0.368 e. The van der Waals surface area contributed by atoms with Crippen molar-refractivity contribution in [2.75, 3.05) is 0 Å². The van der Waals surface area contributed by atoms with Crippen molar-refractivity contribution in [3.63, 3.8) is 0 Å². The van der Waals surface area contributed by atoms with E-state index in [1.54, 1.807) is 0 Å². The molecule has 0 bridgehead atoms. The number of primary amides is 1. The largest absolute Gasteiger partial charge is 0.416 e. The number of nitrogens with one attached hydrogen (secondary N) is 1. The minimum Gasteiger partial charge on any atom is -0.368 e. The molecule has 0 saturated heterocycles. The maximum absolute atomic E-state index is 12.8. The molecular weight excluding hydrogens is 345 g/mol. The van der Waals surface area contributed by atoms with E-state index >= 15 is 0 Å². The summed E-state index contributed by atoms with van der Waals surface area (Å²) in [6, 6.07) is 8.55. The van der Waals surface area contributed by atoms with Gasteiger partial charge >= 0.3 is 6.18 Å². The fraction of sp³-hybridized carbons (Fsp3) is 0.263. The Hall–Kier alpha value is -2.83. The highest BCUT2D eigenvalue weighted by Gasteiger charge is 2.31. The van der Waals surface area contributed by atoms with E-state index in [4.69, 9.17) is 5.73 Å². The van der Waals surface area contributed by atoms with Gasteiger partial charge in [0.25, 0.3) is 5.91 Å². The van der Waals surface area contributed by atoms with Crippen LogP contribution >= 0.6 is 0 Å². The first-order valence-corrected chi connectivity index (χ1v) is 7.91. The van der Waals surface area contributed by atoms with E-state index in [9.17, 15) is 22.8 Å². The fourth-order valence-electron chi connectivity index (χ4n) is 2.47. The number of nitrogens with two attached hydrogens (primary N) is 1. The Kier molecular flexibility index (Phi) is 5.69. The van der Waals surface area contributed by atoms with Crippen molar-refractivity contribution in [3.05, 3.63) is 70.3 Å². The van der Waals surface area contributed by atoms with Gasteiger partial charge in [0.05, 0.1) is 5.56 Å². The third-order valence-electron chi connectivity index (χ3n) is 4.11. The van der Waals surface area contributed by atoms with Gasteiger partial charge in [-0.15, -0.1) is 0 Å². The normalized spacial score (nSPS) is 12.5. The number of hydrogen-bond acceptors (Lipinski definition) is 2. The van der Waals surface area contributed by atoms with Crippen LogP contribution in [0.15, 0.2) is 42.5 Å². The average Bonchev–Trinajstić information content (AvgIpc) is 2.56. The molecule has 0 aliphatic rings. The molecule has 0 aromatic heterocycles. The van der Waals surface area contributed by atoms with Crippen LogP contribution in [0.3, 0.4) is 0 Å². The van der Waals surface area contributed by atoms with Gasteiger partial charge in [-0.2, -0.15) is 13.2 Å². The van der Waals surface area contributed by atoms with Crippen molar-refractivity contribution >= 4 is 11.8 Å². The Balaban J connectivity index is 2.18. The number of hydrogen-bond donors (Lipinski definition) is 2. The Morgan fingerprint density at radius 1 is 1.08 bits per heavy atom. The highest BCUT2D eigenvalue weighted by atomic mass is 19.4. The number of carbonyl (C=O) groups is 2. The average molecular weight is 364 g/mol. The first kappa shape index (κ1) is 19.5. The lowest BCUT2D eigenvalue weighted by Crippen LogP contribution is -2.45. The van der Waals surface area contributed by atoms with Gasteiger partial charge in [0.2, 0.25) is 5.91 Å². The first-order chi connectivity index (χ1) is 12.1. The first-order valence-electron chi connectivity index (χ1n) is 7.91. The van der Waals surface area contributed by atoms with Crippen LogP contribution in [0.2, 0.25) is 0 Å². The monoisotopic (exact) mass is 364 g/mol. The summed E-state index contributed by atoms with van der Waals surface area (Å²) >= 11 is 0. The second kappa shape index (κ2) is 7.59. The van der Waals surface area contributed by atoms with Gasteiger partial charge in [-0.05, 0) is 48.7 Å². The van der Waals surface area contributed by atoms with Crippen molar-refractivity contribution in [1.82, 2.24) is 5.32 Å². The van der Waals surface area contributed by atoms with E-state index in [-0.39, 0.29) is 12.0 Å². The standard InChI is InChI=1S/C19H19F3N2O2/c1-11-6-7-13(8-12(11)2)9-16(17(23)25)24-18(26)14-4-3-5-15(10-14)19(20,21)22/h3-8,10,16H,9H2,1-2H3,(H2,23,25)(H,24,26)/t16-/m1/s1. The summed E-state index contributed by atoms with van der Waals surface area (Å²) in [6.45, 7) is 3.86. The van der Waals surface area contributed by atoms with E-state index < -0.39 is 29.6 Å². The molecule has 2 amide bonds. The molecule has 7 heteroatoms. The summed E-state index contributed by atoms with van der Waals surface area (Å²) in [5.41, 5.74) is 7.12. The quantitative estimate of drug-likeness (QED) is 0.856. The van der Waals surface area contributed by atoms with Crippen LogP contribution in [0.5, 0.6) is 0 Å². The molecule has 2 aromatic rings. The zero-order chi connectivity index (χ0) is 19.5. The summed E-state index contributed by atoms with van der Waals surface area (Å²) in [5, 5.41) is 2.41. The number of carbonyl (C=O) groups excluding carboxylic acids is 2. The van der Waals surface area contributed by atoms with Crippen LogP contribution in [0.25, 0.3) is 0 Å². The van der Waals surface area contributed by atoms with Gasteiger partial charge in [0.15, 0.2) is 0 Å². The van der Waals surface area contributed by atoms with E-state index in [2.05, 4.69) is 5.32 Å². The van der Waals surface area contributed by atoms with Gasteiger partial charge in [-0.3, -0.25) is 9.59 Å². The predicted molar refractivity (Wildman–Crippen MR) is 91.5 cm³/mol.